The third kappa shape index (κ3) is 4.07. The third-order valence-electron chi connectivity index (χ3n) is 2.72. The molecule has 0 spiro atoms. The Morgan fingerprint density at radius 2 is 1.90 bits per heavy atom. The van der Waals surface area contributed by atoms with Gasteiger partial charge < -0.3 is 9.84 Å². The molecule has 0 aliphatic carbocycles. The second kappa shape index (κ2) is 7.09. The lowest BCUT2D eigenvalue weighted by molar-refractivity contribution is 0.303. The molecule has 0 amide bonds. The minimum atomic E-state index is -0.417. The molecule has 2 rings (SSSR count). The van der Waals surface area contributed by atoms with E-state index >= 15 is 0 Å². The van der Waals surface area contributed by atoms with Crippen LogP contribution < -0.4 is 4.74 Å². The molecule has 0 saturated heterocycles. The number of hydrogen-bond acceptors (Lipinski definition) is 3. The van der Waals surface area contributed by atoms with Crippen LogP contribution in [0.5, 0.6) is 5.75 Å². The Morgan fingerprint density at radius 3 is 2.57 bits per heavy atom. The highest BCUT2D eigenvalue weighted by molar-refractivity contribution is 5.46. The number of aliphatic hydroxyl groups excluding tert-OH is 1. The largest absolute Gasteiger partial charge is 0.487 e. The maximum Gasteiger partial charge on any atom is 0.138 e. The zero-order valence-corrected chi connectivity index (χ0v) is 11.1. The van der Waals surface area contributed by atoms with Crippen molar-refractivity contribution in [2.75, 3.05) is 6.61 Å². The predicted molar refractivity (Wildman–Crippen MR) is 75.9 cm³/mol. The minimum absolute atomic E-state index is 0.239. The van der Waals surface area contributed by atoms with E-state index in [4.69, 9.17) is 15.1 Å². The van der Waals surface area contributed by atoms with Crippen LogP contribution in [0, 0.1) is 29.0 Å². The fourth-order valence-corrected chi connectivity index (χ4v) is 1.69. The molecule has 0 aliphatic rings. The molecule has 1 N–H and O–H groups in total. The Morgan fingerprint density at radius 1 is 1.14 bits per heavy atom. The van der Waals surface area contributed by atoms with Gasteiger partial charge in [-0.2, -0.15) is 5.26 Å². The van der Waals surface area contributed by atoms with Crippen LogP contribution in [0.25, 0.3) is 0 Å². The number of ether oxygens (including phenoxy) is 1. The van der Waals surface area contributed by atoms with Crippen LogP contribution in [0.2, 0.25) is 0 Å². The Kier molecular flexibility index (Phi) is 4.93. The smallest absolute Gasteiger partial charge is 0.138 e. The summed E-state index contributed by atoms with van der Waals surface area (Å²) in [6.07, 6.45) is 0. The highest BCUT2D eigenvalue weighted by atomic mass is 19.1. The van der Waals surface area contributed by atoms with Crippen molar-refractivity contribution in [3.63, 3.8) is 0 Å². The van der Waals surface area contributed by atoms with Gasteiger partial charge in [0.1, 0.15) is 24.8 Å². The van der Waals surface area contributed by atoms with Crippen molar-refractivity contribution in [2.24, 2.45) is 0 Å². The molecular formula is C17H12FNO2. The highest BCUT2D eigenvalue weighted by Crippen LogP contribution is 2.20. The zero-order valence-electron chi connectivity index (χ0n) is 11.1. The van der Waals surface area contributed by atoms with Crippen molar-refractivity contribution in [3.05, 3.63) is 65.0 Å². The molecule has 0 heterocycles. The van der Waals surface area contributed by atoms with Crippen LogP contribution in [-0.2, 0) is 6.61 Å². The summed E-state index contributed by atoms with van der Waals surface area (Å²) >= 11 is 0. The number of hydrogen-bond donors (Lipinski definition) is 1. The summed E-state index contributed by atoms with van der Waals surface area (Å²) in [5.41, 5.74) is 1.94. The molecule has 0 aromatic heterocycles. The summed E-state index contributed by atoms with van der Waals surface area (Å²) in [4.78, 5) is 0. The molecule has 0 unspecified atom stereocenters. The van der Waals surface area contributed by atoms with E-state index in [0.717, 1.165) is 5.56 Å². The molecule has 0 bridgehead atoms. The number of benzene rings is 2. The van der Waals surface area contributed by atoms with Gasteiger partial charge in [-0.05, 0) is 29.8 Å². The standard InChI is InChI=1S/C17H12FNO2/c18-16-8-7-15(2-1-9-20)17(10-16)21-12-14-5-3-13(11-19)4-6-14/h3-8,10,20H,9,12H2. The summed E-state index contributed by atoms with van der Waals surface area (Å²) in [6.45, 7) is -0.0323. The molecule has 4 heteroatoms. The molecule has 0 atom stereocenters. The molecule has 0 saturated carbocycles. The van der Waals surface area contributed by atoms with Gasteiger partial charge in [-0.25, -0.2) is 4.39 Å². The number of nitriles is 1. The molecule has 0 fully saturated rings. The lowest BCUT2D eigenvalue weighted by atomic mass is 10.1. The van der Waals surface area contributed by atoms with Crippen LogP contribution in [0.15, 0.2) is 42.5 Å². The fraction of sp³-hybridized carbons (Fsp3) is 0.118. The monoisotopic (exact) mass is 281 g/mol. The Balaban J connectivity index is 2.14. The molecule has 0 radical (unpaired) electrons. The molecule has 2 aromatic carbocycles. The van der Waals surface area contributed by atoms with Crippen molar-refractivity contribution in [1.82, 2.24) is 0 Å². The normalized spacial score (nSPS) is 9.38. The lowest BCUT2D eigenvalue weighted by Gasteiger charge is -2.08. The van der Waals surface area contributed by atoms with E-state index in [9.17, 15) is 4.39 Å². The Labute approximate surface area is 122 Å². The van der Waals surface area contributed by atoms with Crippen molar-refractivity contribution in [1.29, 1.82) is 5.26 Å². The summed E-state index contributed by atoms with van der Waals surface area (Å²) in [5.74, 6) is 5.12. The lowest BCUT2D eigenvalue weighted by Crippen LogP contribution is -1.98. The number of nitrogens with zero attached hydrogens (tertiary/aromatic N) is 1. The van der Waals surface area contributed by atoms with E-state index in [1.165, 1.54) is 18.2 Å². The molecule has 0 aliphatic heterocycles. The minimum Gasteiger partial charge on any atom is -0.487 e. The molecular weight excluding hydrogens is 269 g/mol. The maximum atomic E-state index is 13.3. The van der Waals surface area contributed by atoms with Crippen LogP contribution in [0.4, 0.5) is 4.39 Å². The Bertz CT molecular complexity index is 721. The van der Waals surface area contributed by atoms with Crippen molar-refractivity contribution in [3.8, 4) is 23.7 Å². The van der Waals surface area contributed by atoms with E-state index in [0.29, 0.717) is 16.9 Å². The molecule has 3 nitrogen and oxygen atoms in total. The van der Waals surface area contributed by atoms with Gasteiger partial charge in [0.15, 0.2) is 0 Å². The van der Waals surface area contributed by atoms with Gasteiger partial charge in [0.25, 0.3) is 0 Å². The Hall–Kier alpha value is -2.82. The topological polar surface area (TPSA) is 53.2 Å². The van der Waals surface area contributed by atoms with Crippen molar-refractivity contribution < 1.29 is 14.2 Å². The second-order valence-corrected chi connectivity index (χ2v) is 4.20. The fourth-order valence-electron chi connectivity index (χ4n) is 1.69. The average molecular weight is 281 g/mol. The number of halogens is 1. The molecule has 21 heavy (non-hydrogen) atoms. The first-order valence-corrected chi connectivity index (χ1v) is 6.24. The predicted octanol–water partition coefficient (Wildman–Crippen LogP) is 2.62. The zero-order chi connectivity index (χ0) is 15.1. The van der Waals surface area contributed by atoms with Gasteiger partial charge in [0.2, 0.25) is 0 Å². The van der Waals surface area contributed by atoms with Crippen LogP contribution in [-0.4, -0.2) is 11.7 Å². The van der Waals surface area contributed by atoms with E-state index in [-0.39, 0.29) is 13.2 Å². The van der Waals surface area contributed by atoms with E-state index in [1.54, 1.807) is 24.3 Å². The van der Waals surface area contributed by atoms with Gasteiger partial charge in [-0.1, -0.05) is 24.0 Å². The van der Waals surface area contributed by atoms with Gasteiger partial charge in [0.05, 0.1) is 17.2 Å². The van der Waals surface area contributed by atoms with Gasteiger partial charge in [-0.3, -0.25) is 0 Å². The van der Waals surface area contributed by atoms with Crippen molar-refractivity contribution in [2.45, 2.75) is 6.61 Å². The number of rotatable bonds is 3. The van der Waals surface area contributed by atoms with Crippen molar-refractivity contribution >= 4 is 0 Å². The van der Waals surface area contributed by atoms with E-state index < -0.39 is 5.82 Å². The first kappa shape index (κ1) is 14.6. The first-order valence-electron chi connectivity index (χ1n) is 6.24. The summed E-state index contributed by atoms with van der Waals surface area (Å²) in [5, 5.41) is 17.4. The molecule has 2 aromatic rings. The maximum absolute atomic E-state index is 13.3. The van der Waals surface area contributed by atoms with Gasteiger partial charge in [0, 0.05) is 6.07 Å². The highest BCUT2D eigenvalue weighted by Gasteiger charge is 2.04. The van der Waals surface area contributed by atoms with Crippen LogP contribution >= 0.6 is 0 Å². The molecule has 104 valence electrons. The summed E-state index contributed by atoms with van der Waals surface area (Å²) in [6, 6.07) is 13.0. The second-order valence-electron chi connectivity index (χ2n) is 4.20. The van der Waals surface area contributed by atoms with E-state index in [2.05, 4.69) is 11.8 Å². The van der Waals surface area contributed by atoms with Gasteiger partial charge in [-0.15, -0.1) is 0 Å². The van der Waals surface area contributed by atoms with Gasteiger partial charge >= 0.3 is 0 Å². The quantitative estimate of drug-likeness (QED) is 0.880. The SMILES string of the molecule is N#Cc1ccc(COc2cc(F)ccc2C#CCO)cc1. The van der Waals surface area contributed by atoms with Crippen LogP contribution in [0.1, 0.15) is 16.7 Å². The number of aliphatic hydroxyl groups is 1. The van der Waals surface area contributed by atoms with E-state index in [1.807, 2.05) is 6.07 Å². The van der Waals surface area contributed by atoms with Crippen LogP contribution in [0.3, 0.4) is 0 Å². The first-order chi connectivity index (χ1) is 10.2. The third-order valence-corrected chi connectivity index (χ3v) is 2.72. The summed E-state index contributed by atoms with van der Waals surface area (Å²) in [7, 11) is 0. The average Bonchev–Trinajstić information content (AvgIpc) is 2.52. The summed E-state index contributed by atoms with van der Waals surface area (Å²) < 4.78 is 18.8.